The summed E-state index contributed by atoms with van der Waals surface area (Å²) in [7, 11) is 0. The van der Waals surface area contributed by atoms with Crippen LogP contribution in [0, 0.1) is 5.41 Å². The van der Waals surface area contributed by atoms with E-state index in [1.165, 1.54) is 17.5 Å². The second kappa shape index (κ2) is 3.27. The first-order valence-electron chi connectivity index (χ1n) is 5.33. The maximum Gasteiger partial charge on any atom is 0.0409 e. The summed E-state index contributed by atoms with van der Waals surface area (Å²) < 4.78 is 0. The zero-order valence-electron chi connectivity index (χ0n) is 9.10. The van der Waals surface area contributed by atoms with E-state index in [9.17, 15) is 0 Å². The van der Waals surface area contributed by atoms with Crippen molar-refractivity contribution < 1.29 is 0 Å². The molecule has 0 N–H and O–H groups in total. The van der Waals surface area contributed by atoms with Gasteiger partial charge in [0.2, 0.25) is 0 Å². The zero-order chi connectivity index (χ0) is 10.3. The Kier molecular flexibility index (Phi) is 2.35. The van der Waals surface area contributed by atoms with Gasteiger partial charge in [0.05, 0.1) is 0 Å². The van der Waals surface area contributed by atoms with E-state index in [0.717, 1.165) is 17.4 Å². The molecular formula is C13H17Cl. The molecule has 76 valence electrons. The van der Waals surface area contributed by atoms with Crippen molar-refractivity contribution in [1.29, 1.82) is 0 Å². The predicted molar refractivity (Wildman–Crippen MR) is 62.0 cm³/mol. The van der Waals surface area contributed by atoms with Gasteiger partial charge in [0.1, 0.15) is 0 Å². The van der Waals surface area contributed by atoms with Gasteiger partial charge in [0.25, 0.3) is 0 Å². The molecule has 1 aliphatic rings. The van der Waals surface area contributed by atoms with Gasteiger partial charge in [-0.25, -0.2) is 0 Å². The highest BCUT2D eigenvalue weighted by molar-refractivity contribution is 6.30. The van der Waals surface area contributed by atoms with E-state index in [2.05, 4.69) is 32.9 Å². The summed E-state index contributed by atoms with van der Waals surface area (Å²) in [5, 5.41) is 0.875. The van der Waals surface area contributed by atoms with Crippen LogP contribution in [-0.2, 0) is 6.42 Å². The van der Waals surface area contributed by atoms with Crippen molar-refractivity contribution in [2.24, 2.45) is 5.41 Å². The summed E-state index contributed by atoms with van der Waals surface area (Å²) in [5.41, 5.74) is 3.43. The van der Waals surface area contributed by atoms with Crippen molar-refractivity contribution in [1.82, 2.24) is 0 Å². The lowest BCUT2D eigenvalue weighted by Crippen LogP contribution is -1.95. The van der Waals surface area contributed by atoms with E-state index in [0.29, 0.717) is 5.41 Å². The smallest absolute Gasteiger partial charge is 0.0409 e. The fourth-order valence-corrected chi connectivity index (χ4v) is 2.39. The van der Waals surface area contributed by atoms with Crippen molar-refractivity contribution >= 4 is 11.6 Å². The van der Waals surface area contributed by atoms with E-state index < -0.39 is 0 Å². The molecule has 1 saturated carbocycles. The van der Waals surface area contributed by atoms with Gasteiger partial charge in [-0.3, -0.25) is 0 Å². The third-order valence-corrected chi connectivity index (χ3v) is 3.61. The van der Waals surface area contributed by atoms with Gasteiger partial charge in [0.15, 0.2) is 0 Å². The minimum atomic E-state index is 0.495. The Morgan fingerprint density at radius 2 is 2.07 bits per heavy atom. The molecule has 0 aromatic heterocycles. The van der Waals surface area contributed by atoms with Gasteiger partial charge in [0, 0.05) is 5.02 Å². The van der Waals surface area contributed by atoms with Gasteiger partial charge < -0.3 is 0 Å². The Bertz CT molecular complexity index is 352. The molecule has 14 heavy (non-hydrogen) atoms. The molecule has 1 aliphatic carbocycles. The van der Waals surface area contributed by atoms with Crippen LogP contribution in [0.5, 0.6) is 0 Å². The fraction of sp³-hybridized carbons (Fsp3) is 0.538. The molecule has 0 heterocycles. The molecule has 0 radical (unpaired) electrons. The van der Waals surface area contributed by atoms with Crippen LogP contribution in [0.4, 0.5) is 0 Å². The maximum atomic E-state index is 6.04. The monoisotopic (exact) mass is 208 g/mol. The summed E-state index contributed by atoms with van der Waals surface area (Å²) in [4.78, 5) is 0. The molecule has 2 rings (SSSR count). The Morgan fingerprint density at radius 3 is 2.57 bits per heavy atom. The first-order valence-corrected chi connectivity index (χ1v) is 5.70. The van der Waals surface area contributed by atoms with Crippen LogP contribution >= 0.6 is 11.6 Å². The highest BCUT2D eigenvalue weighted by atomic mass is 35.5. The average molecular weight is 209 g/mol. The molecule has 1 aromatic carbocycles. The highest BCUT2D eigenvalue weighted by Gasteiger charge is 2.47. The summed E-state index contributed by atoms with van der Waals surface area (Å²) in [6, 6.07) is 6.32. The molecule has 1 atom stereocenters. The first kappa shape index (κ1) is 10.0. The molecule has 0 aliphatic heterocycles. The number of benzene rings is 1. The molecule has 1 fully saturated rings. The molecule has 0 bridgehead atoms. The van der Waals surface area contributed by atoms with E-state index in [-0.39, 0.29) is 0 Å². The van der Waals surface area contributed by atoms with Gasteiger partial charge in [-0.15, -0.1) is 0 Å². The Balaban J connectivity index is 2.37. The van der Waals surface area contributed by atoms with Crippen molar-refractivity contribution in [3.63, 3.8) is 0 Å². The molecule has 1 heteroatoms. The maximum absolute atomic E-state index is 6.04. The van der Waals surface area contributed by atoms with Crippen molar-refractivity contribution in [2.45, 2.75) is 39.5 Å². The Hall–Kier alpha value is -0.490. The van der Waals surface area contributed by atoms with Gasteiger partial charge in [-0.2, -0.15) is 0 Å². The second-order valence-electron chi connectivity index (χ2n) is 4.94. The van der Waals surface area contributed by atoms with Crippen molar-refractivity contribution in [2.75, 3.05) is 0 Å². The molecule has 1 aromatic rings. The number of hydrogen-bond donors (Lipinski definition) is 0. The summed E-state index contributed by atoms with van der Waals surface area (Å²) >= 11 is 6.04. The summed E-state index contributed by atoms with van der Waals surface area (Å²) in [5.74, 6) is 0.733. The van der Waals surface area contributed by atoms with Crippen LogP contribution in [0.3, 0.4) is 0 Å². The first-order chi connectivity index (χ1) is 6.54. The predicted octanol–water partition coefficient (Wildman–Crippen LogP) is 4.42. The second-order valence-corrected chi connectivity index (χ2v) is 5.38. The lowest BCUT2D eigenvalue weighted by Gasteiger charge is -2.09. The molecular weight excluding hydrogens is 192 g/mol. The topological polar surface area (TPSA) is 0 Å². The van der Waals surface area contributed by atoms with E-state index >= 15 is 0 Å². The molecule has 0 unspecified atom stereocenters. The van der Waals surface area contributed by atoms with E-state index in [1.807, 2.05) is 6.07 Å². The standard InChI is InChI=1S/C13H17Cl/c1-4-9-5-6-10(14)7-11(9)12-8-13(12,2)3/h5-7,12H,4,8H2,1-3H3/t12-/m0/s1. The van der Waals surface area contributed by atoms with Crippen molar-refractivity contribution in [3.05, 3.63) is 34.3 Å². The SMILES string of the molecule is CCc1ccc(Cl)cc1[C@@H]1CC1(C)C. The lowest BCUT2D eigenvalue weighted by atomic mass is 9.97. The molecule has 0 saturated heterocycles. The number of aryl methyl sites for hydroxylation is 1. The van der Waals surface area contributed by atoms with Gasteiger partial charge in [-0.1, -0.05) is 38.4 Å². The number of halogens is 1. The minimum Gasteiger partial charge on any atom is -0.0843 e. The van der Waals surface area contributed by atoms with E-state index in [1.54, 1.807) is 0 Å². The van der Waals surface area contributed by atoms with Gasteiger partial charge >= 0.3 is 0 Å². The fourth-order valence-electron chi connectivity index (χ4n) is 2.21. The van der Waals surface area contributed by atoms with E-state index in [4.69, 9.17) is 11.6 Å². The summed E-state index contributed by atoms with van der Waals surface area (Å²) in [6.07, 6.45) is 2.42. The Labute approximate surface area is 91.3 Å². The Morgan fingerprint density at radius 1 is 1.43 bits per heavy atom. The number of rotatable bonds is 2. The van der Waals surface area contributed by atoms with Crippen LogP contribution in [0.25, 0.3) is 0 Å². The third-order valence-electron chi connectivity index (χ3n) is 3.38. The molecule has 0 nitrogen and oxygen atoms in total. The average Bonchev–Trinajstić information content (AvgIpc) is 2.75. The molecule has 0 spiro atoms. The van der Waals surface area contributed by atoms with Crippen LogP contribution in [0.2, 0.25) is 5.02 Å². The zero-order valence-corrected chi connectivity index (χ0v) is 9.86. The molecule has 0 amide bonds. The van der Waals surface area contributed by atoms with Crippen LogP contribution in [0.15, 0.2) is 18.2 Å². The third kappa shape index (κ3) is 1.68. The highest BCUT2D eigenvalue weighted by Crippen LogP contribution is 2.59. The van der Waals surface area contributed by atoms with Crippen molar-refractivity contribution in [3.8, 4) is 0 Å². The normalized spacial score (nSPS) is 23.6. The largest absolute Gasteiger partial charge is 0.0843 e. The van der Waals surface area contributed by atoms with Crippen LogP contribution in [0.1, 0.15) is 44.2 Å². The van der Waals surface area contributed by atoms with Crippen LogP contribution < -0.4 is 0 Å². The minimum absolute atomic E-state index is 0.495. The number of hydrogen-bond acceptors (Lipinski definition) is 0. The lowest BCUT2D eigenvalue weighted by molar-refractivity contribution is 0.620. The summed E-state index contributed by atoms with van der Waals surface area (Å²) in [6.45, 7) is 6.87. The van der Waals surface area contributed by atoms with Crippen LogP contribution in [-0.4, -0.2) is 0 Å². The van der Waals surface area contributed by atoms with Gasteiger partial charge in [-0.05, 0) is 47.4 Å². The quantitative estimate of drug-likeness (QED) is 0.675.